The summed E-state index contributed by atoms with van der Waals surface area (Å²) < 4.78 is 30.9. The van der Waals surface area contributed by atoms with E-state index in [-0.39, 0.29) is 5.75 Å². The first-order chi connectivity index (χ1) is 8.99. The van der Waals surface area contributed by atoms with Gasteiger partial charge in [0, 0.05) is 24.0 Å². The molecule has 2 aromatic heterocycles. The van der Waals surface area contributed by atoms with Crippen molar-refractivity contribution in [2.75, 3.05) is 12.8 Å². The van der Waals surface area contributed by atoms with E-state index in [4.69, 9.17) is 4.42 Å². The number of furan rings is 1. The summed E-state index contributed by atoms with van der Waals surface area (Å²) in [6, 6.07) is 5.70. The number of hydrogen-bond donors (Lipinski definition) is 0. The lowest BCUT2D eigenvalue weighted by Gasteiger charge is -2.16. The molecule has 0 unspecified atom stereocenters. The molecule has 0 aliphatic carbocycles. The van der Waals surface area contributed by atoms with E-state index in [1.807, 2.05) is 24.4 Å². The number of thiophene rings is 1. The molecule has 4 nitrogen and oxygen atoms in total. The number of aryl methyl sites for hydroxylation is 2. The quantitative estimate of drug-likeness (QED) is 0.824. The van der Waals surface area contributed by atoms with Crippen LogP contribution in [-0.4, -0.2) is 25.5 Å². The highest BCUT2D eigenvalue weighted by Gasteiger charge is 2.19. The molecular formula is C13H17NO3S2. The van der Waals surface area contributed by atoms with Gasteiger partial charge in [-0.3, -0.25) is 0 Å². The highest BCUT2D eigenvalue weighted by Crippen LogP contribution is 2.15. The van der Waals surface area contributed by atoms with Gasteiger partial charge in [-0.25, -0.2) is 12.7 Å². The Kier molecular flexibility index (Phi) is 4.44. The van der Waals surface area contributed by atoms with Gasteiger partial charge in [-0.15, -0.1) is 11.3 Å². The Hall–Kier alpha value is -1.11. The molecular weight excluding hydrogens is 282 g/mol. The molecule has 0 bridgehead atoms. The predicted molar refractivity (Wildman–Crippen MR) is 76.7 cm³/mol. The van der Waals surface area contributed by atoms with Gasteiger partial charge in [-0.05, 0) is 30.9 Å². The maximum Gasteiger partial charge on any atom is 0.214 e. The van der Waals surface area contributed by atoms with E-state index < -0.39 is 10.0 Å². The van der Waals surface area contributed by atoms with Crippen molar-refractivity contribution in [2.24, 2.45) is 0 Å². The molecule has 0 aliphatic heterocycles. The maximum absolute atomic E-state index is 12.2. The van der Waals surface area contributed by atoms with Crippen LogP contribution in [0.2, 0.25) is 0 Å². The Bertz CT molecular complexity index is 614. The van der Waals surface area contributed by atoms with Crippen LogP contribution in [0.4, 0.5) is 0 Å². The summed E-state index contributed by atoms with van der Waals surface area (Å²) in [6.07, 6.45) is 2.14. The van der Waals surface area contributed by atoms with E-state index in [0.29, 0.717) is 13.0 Å². The molecule has 0 saturated carbocycles. The van der Waals surface area contributed by atoms with Gasteiger partial charge in [-0.2, -0.15) is 0 Å². The highest BCUT2D eigenvalue weighted by molar-refractivity contribution is 7.89. The Morgan fingerprint density at radius 3 is 2.74 bits per heavy atom. The van der Waals surface area contributed by atoms with Crippen LogP contribution in [0.1, 0.15) is 16.2 Å². The summed E-state index contributed by atoms with van der Waals surface area (Å²) in [5, 5.41) is 1.96. The van der Waals surface area contributed by atoms with Crippen LogP contribution >= 0.6 is 11.3 Å². The zero-order valence-electron chi connectivity index (χ0n) is 11.0. The number of hydrogen-bond acceptors (Lipinski definition) is 4. The summed E-state index contributed by atoms with van der Waals surface area (Å²) in [4.78, 5) is 1.09. The van der Waals surface area contributed by atoms with Crippen molar-refractivity contribution in [1.82, 2.24) is 4.31 Å². The first-order valence-corrected chi connectivity index (χ1v) is 8.47. The Balaban J connectivity index is 1.97. The molecule has 0 aromatic carbocycles. The third-order valence-corrected chi connectivity index (χ3v) is 5.76. The van der Waals surface area contributed by atoms with E-state index in [0.717, 1.165) is 16.2 Å². The SMILES string of the molecule is Cc1occc1CN(C)S(=O)(=O)CCc1cccs1. The van der Waals surface area contributed by atoms with E-state index in [2.05, 4.69) is 0 Å². The lowest BCUT2D eigenvalue weighted by molar-refractivity contribution is 0.459. The minimum atomic E-state index is -3.23. The standard InChI is InChI=1S/C13H17NO3S2/c1-11-12(5-7-17-11)10-14(2)19(15,16)9-6-13-4-3-8-18-13/h3-5,7-8H,6,9-10H2,1-2H3. The molecule has 0 saturated heterocycles. The topological polar surface area (TPSA) is 50.5 Å². The van der Waals surface area contributed by atoms with Crippen molar-refractivity contribution < 1.29 is 12.8 Å². The molecule has 2 heterocycles. The number of nitrogens with zero attached hydrogens (tertiary/aromatic N) is 1. The van der Waals surface area contributed by atoms with E-state index in [9.17, 15) is 8.42 Å². The normalized spacial score (nSPS) is 12.2. The zero-order valence-corrected chi connectivity index (χ0v) is 12.6. The fourth-order valence-electron chi connectivity index (χ4n) is 1.75. The van der Waals surface area contributed by atoms with Gasteiger partial charge < -0.3 is 4.42 Å². The first-order valence-electron chi connectivity index (χ1n) is 5.98. The summed E-state index contributed by atoms with van der Waals surface area (Å²) in [5.74, 6) is 0.904. The van der Waals surface area contributed by atoms with E-state index in [1.54, 1.807) is 30.7 Å². The second-order valence-corrected chi connectivity index (χ2v) is 7.63. The smallest absolute Gasteiger partial charge is 0.214 e. The van der Waals surface area contributed by atoms with Crippen LogP contribution in [-0.2, 0) is 23.0 Å². The summed E-state index contributed by atoms with van der Waals surface area (Å²) in [5.41, 5.74) is 0.905. The monoisotopic (exact) mass is 299 g/mol. The fourth-order valence-corrected chi connectivity index (χ4v) is 3.72. The molecule has 2 rings (SSSR count). The van der Waals surface area contributed by atoms with Crippen molar-refractivity contribution in [2.45, 2.75) is 19.9 Å². The molecule has 0 atom stereocenters. The largest absolute Gasteiger partial charge is 0.469 e. The van der Waals surface area contributed by atoms with Gasteiger partial charge in [0.15, 0.2) is 0 Å². The number of rotatable bonds is 6. The molecule has 0 N–H and O–H groups in total. The van der Waals surface area contributed by atoms with Gasteiger partial charge in [-0.1, -0.05) is 6.07 Å². The van der Waals surface area contributed by atoms with Gasteiger partial charge in [0.2, 0.25) is 10.0 Å². The summed E-state index contributed by atoms with van der Waals surface area (Å²) in [6.45, 7) is 2.19. The van der Waals surface area contributed by atoms with Crippen LogP contribution in [0.5, 0.6) is 0 Å². The van der Waals surface area contributed by atoms with Crippen LogP contribution in [0, 0.1) is 6.92 Å². The lowest BCUT2D eigenvalue weighted by Crippen LogP contribution is -2.29. The van der Waals surface area contributed by atoms with Gasteiger partial charge in [0.05, 0.1) is 12.0 Å². The van der Waals surface area contributed by atoms with Gasteiger partial charge in [0.25, 0.3) is 0 Å². The van der Waals surface area contributed by atoms with Crippen molar-refractivity contribution in [3.8, 4) is 0 Å². The molecule has 104 valence electrons. The Labute approximate surface area is 117 Å². The second-order valence-electron chi connectivity index (χ2n) is 4.40. The molecule has 0 spiro atoms. The minimum absolute atomic E-state index is 0.140. The van der Waals surface area contributed by atoms with Crippen LogP contribution in [0.25, 0.3) is 0 Å². The van der Waals surface area contributed by atoms with Crippen molar-refractivity contribution in [3.63, 3.8) is 0 Å². The molecule has 6 heteroatoms. The second kappa shape index (κ2) is 5.90. The van der Waals surface area contributed by atoms with Gasteiger partial charge in [0.1, 0.15) is 5.76 Å². The molecule has 2 aromatic rings. The van der Waals surface area contributed by atoms with Crippen molar-refractivity contribution in [3.05, 3.63) is 46.0 Å². The fraction of sp³-hybridized carbons (Fsp3) is 0.385. The minimum Gasteiger partial charge on any atom is -0.469 e. The zero-order chi connectivity index (χ0) is 13.9. The Morgan fingerprint density at radius 2 is 2.16 bits per heavy atom. The van der Waals surface area contributed by atoms with Crippen molar-refractivity contribution in [1.29, 1.82) is 0 Å². The summed E-state index contributed by atoms with van der Waals surface area (Å²) in [7, 11) is -1.62. The highest BCUT2D eigenvalue weighted by atomic mass is 32.2. The predicted octanol–water partition coefficient (Wildman–Crippen LogP) is 2.65. The average molecular weight is 299 g/mol. The van der Waals surface area contributed by atoms with Crippen LogP contribution < -0.4 is 0 Å². The third-order valence-electron chi connectivity index (χ3n) is 3.02. The van der Waals surface area contributed by atoms with Gasteiger partial charge >= 0.3 is 0 Å². The maximum atomic E-state index is 12.2. The Morgan fingerprint density at radius 1 is 1.37 bits per heavy atom. The molecule has 0 fully saturated rings. The average Bonchev–Trinajstić information content (AvgIpc) is 2.99. The number of sulfonamides is 1. The summed E-state index contributed by atoms with van der Waals surface area (Å²) >= 11 is 1.59. The molecule has 0 radical (unpaired) electrons. The van der Waals surface area contributed by atoms with E-state index in [1.165, 1.54) is 4.31 Å². The molecule has 0 aliphatic rings. The van der Waals surface area contributed by atoms with Crippen LogP contribution in [0.3, 0.4) is 0 Å². The van der Waals surface area contributed by atoms with E-state index >= 15 is 0 Å². The van der Waals surface area contributed by atoms with Crippen molar-refractivity contribution >= 4 is 21.4 Å². The molecule has 0 amide bonds. The molecule has 19 heavy (non-hydrogen) atoms. The first kappa shape index (κ1) is 14.3. The lowest BCUT2D eigenvalue weighted by atomic mass is 10.3. The third kappa shape index (κ3) is 3.68. The van der Waals surface area contributed by atoms with Crippen LogP contribution in [0.15, 0.2) is 34.3 Å².